The number of carbonyl (C=O) groups excluding carboxylic acids is 1. The Labute approximate surface area is 163 Å². The lowest BCUT2D eigenvalue weighted by Gasteiger charge is -2.39. The fourth-order valence-corrected chi connectivity index (χ4v) is 5.28. The van der Waals surface area contributed by atoms with E-state index in [-0.39, 0.29) is 17.2 Å². The van der Waals surface area contributed by atoms with Crippen LogP contribution in [0, 0.1) is 5.92 Å². The summed E-state index contributed by atoms with van der Waals surface area (Å²) in [6, 6.07) is 7.83. The average Bonchev–Trinajstić information content (AvgIpc) is 3.18. The van der Waals surface area contributed by atoms with E-state index in [1.165, 1.54) is 16.4 Å². The molecule has 0 amide bonds. The van der Waals surface area contributed by atoms with Crippen molar-refractivity contribution >= 4 is 29.3 Å². The summed E-state index contributed by atoms with van der Waals surface area (Å²) >= 11 is 8.07. The van der Waals surface area contributed by atoms with Crippen LogP contribution in [0.1, 0.15) is 48.9 Å². The van der Waals surface area contributed by atoms with Crippen LogP contribution in [-0.4, -0.2) is 43.9 Å². The molecule has 1 aromatic heterocycles. The van der Waals surface area contributed by atoms with E-state index in [4.69, 9.17) is 11.6 Å². The molecule has 1 fully saturated rings. The molecule has 1 aromatic carbocycles. The number of likely N-dealkylation sites (tertiary alicyclic amines) is 1. The van der Waals surface area contributed by atoms with Gasteiger partial charge in [-0.3, -0.25) is 9.69 Å². The molecule has 2 aliphatic rings. The van der Waals surface area contributed by atoms with Gasteiger partial charge in [0.05, 0.1) is 6.04 Å². The van der Waals surface area contributed by atoms with Crippen molar-refractivity contribution in [2.45, 2.75) is 49.6 Å². The highest BCUT2D eigenvalue weighted by Gasteiger charge is 2.44. The fourth-order valence-electron chi connectivity index (χ4n) is 3.76. The smallest absolute Gasteiger partial charge is 0.264 e. The second-order valence-corrected chi connectivity index (χ2v) is 8.65. The highest BCUT2D eigenvalue weighted by molar-refractivity contribution is 8.00. The minimum atomic E-state index is -0.260. The largest absolute Gasteiger partial charge is 0.295 e. The SMILES string of the molecule is CCc1nc2n(n1)C(=O)C(C(c1ccccc1Cl)N1CCC(C)CC1)S2. The van der Waals surface area contributed by atoms with E-state index in [1.807, 2.05) is 31.2 Å². The molecule has 7 heteroatoms. The predicted octanol–water partition coefficient (Wildman–Crippen LogP) is 4.08. The molecule has 2 unspecified atom stereocenters. The fraction of sp³-hybridized carbons (Fsp3) is 0.526. The summed E-state index contributed by atoms with van der Waals surface area (Å²) in [5.74, 6) is 1.47. The molecule has 4 rings (SSSR count). The number of hydrogen-bond donors (Lipinski definition) is 0. The molecule has 0 saturated carbocycles. The van der Waals surface area contributed by atoms with Crippen LogP contribution in [0.5, 0.6) is 0 Å². The van der Waals surface area contributed by atoms with Gasteiger partial charge in [-0.1, -0.05) is 55.4 Å². The number of piperidine rings is 1. The summed E-state index contributed by atoms with van der Waals surface area (Å²) in [7, 11) is 0. The van der Waals surface area contributed by atoms with E-state index < -0.39 is 0 Å². The van der Waals surface area contributed by atoms with Crippen LogP contribution in [0.25, 0.3) is 0 Å². The van der Waals surface area contributed by atoms with E-state index in [1.54, 1.807) is 0 Å². The first-order chi connectivity index (χ1) is 12.6. The number of rotatable bonds is 4. The number of fused-ring (bicyclic) bond motifs is 1. The maximum absolute atomic E-state index is 13.1. The van der Waals surface area contributed by atoms with Crippen LogP contribution >= 0.6 is 23.4 Å². The summed E-state index contributed by atoms with van der Waals surface area (Å²) in [4.78, 5) is 20.1. The Kier molecular flexibility index (Phi) is 5.08. The third-order valence-electron chi connectivity index (χ3n) is 5.34. The van der Waals surface area contributed by atoms with Crippen LogP contribution in [0.2, 0.25) is 5.02 Å². The lowest BCUT2D eigenvalue weighted by atomic mass is 9.94. The minimum Gasteiger partial charge on any atom is -0.295 e. The molecule has 26 heavy (non-hydrogen) atoms. The van der Waals surface area contributed by atoms with Gasteiger partial charge in [-0.25, -0.2) is 4.98 Å². The first-order valence-electron chi connectivity index (χ1n) is 9.23. The molecular weight excluding hydrogens is 368 g/mol. The van der Waals surface area contributed by atoms with Crippen LogP contribution in [-0.2, 0) is 6.42 Å². The number of halogens is 1. The number of carbonyl (C=O) groups is 1. The molecule has 3 heterocycles. The molecule has 5 nitrogen and oxygen atoms in total. The highest BCUT2D eigenvalue weighted by atomic mass is 35.5. The first-order valence-corrected chi connectivity index (χ1v) is 10.5. The van der Waals surface area contributed by atoms with Crippen molar-refractivity contribution in [2.24, 2.45) is 5.92 Å². The van der Waals surface area contributed by atoms with Gasteiger partial charge in [0, 0.05) is 11.4 Å². The van der Waals surface area contributed by atoms with Crippen molar-refractivity contribution in [3.63, 3.8) is 0 Å². The standard InChI is InChI=1S/C19H23ClN4OS/c1-3-15-21-19-24(22-15)18(25)17(26-19)16(13-6-4-5-7-14(13)20)23-10-8-12(2)9-11-23/h4-7,12,16-17H,3,8-11H2,1-2H3. The molecular formula is C19H23ClN4OS. The molecule has 138 valence electrons. The van der Waals surface area contributed by atoms with E-state index in [9.17, 15) is 4.79 Å². The number of thioether (sulfide) groups is 1. The molecule has 2 aliphatic heterocycles. The van der Waals surface area contributed by atoms with Crippen molar-refractivity contribution in [1.29, 1.82) is 0 Å². The number of aryl methyl sites for hydroxylation is 1. The molecule has 0 spiro atoms. The Balaban J connectivity index is 1.68. The summed E-state index contributed by atoms with van der Waals surface area (Å²) in [6.45, 7) is 6.26. The first kappa shape index (κ1) is 18.0. The van der Waals surface area contributed by atoms with Gasteiger partial charge >= 0.3 is 0 Å². The van der Waals surface area contributed by atoms with Gasteiger partial charge < -0.3 is 0 Å². The quantitative estimate of drug-likeness (QED) is 0.787. The molecule has 0 bridgehead atoms. The van der Waals surface area contributed by atoms with Crippen molar-refractivity contribution < 1.29 is 4.79 Å². The van der Waals surface area contributed by atoms with Crippen LogP contribution in [0.4, 0.5) is 0 Å². The van der Waals surface area contributed by atoms with Crippen molar-refractivity contribution in [1.82, 2.24) is 19.7 Å². The van der Waals surface area contributed by atoms with E-state index in [0.29, 0.717) is 5.16 Å². The van der Waals surface area contributed by atoms with Crippen molar-refractivity contribution in [3.8, 4) is 0 Å². The van der Waals surface area contributed by atoms with Gasteiger partial charge in [-0.2, -0.15) is 4.68 Å². The lowest BCUT2D eigenvalue weighted by Crippen LogP contribution is -2.43. The van der Waals surface area contributed by atoms with Gasteiger partial charge in [0.1, 0.15) is 5.25 Å². The number of aromatic nitrogens is 3. The van der Waals surface area contributed by atoms with E-state index >= 15 is 0 Å². The molecule has 0 N–H and O–H groups in total. The molecule has 0 aliphatic carbocycles. The lowest BCUT2D eigenvalue weighted by molar-refractivity contribution is 0.0799. The summed E-state index contributed by atoms with van der Waals surface area (Å²) in [5, 5.41) is 5.55. The van der Waals surface area contributed by atoms with Gasteiger partial charge in [-0.05, 0) is 43.5 Å². The van der Waals surface area contributed by atoms with Crippen LogP contribution < -0.4 is 0 Å². The molecule has 2 atom stereocenters. The predicted molar refractivity (Wildman–Crippen MR) is 104 cm³/mol. The van der Waals surface area contributed by atoms with Gasteiger partial charge in [-0.15, -0.1) is 5.10 Å². The Bertz CT molecular complexity index is 816. The Hall–Kier alpha value is -1.37. The number of hydrogen-bond acceptors (Lipinski definition) is 5. The van der Waals surface area contributed by atoms with Gasteiger partial charge in [0.15, 0.2) is 11.0 Å². The third kappa shape index (κ3) is 3.19. The summed E-state index contributed by atoms with van der Waals surface area (Å²) in [6.07, 6.45) is 3.03. The maximum atomic E-state index is 13.1. The number of nitrogens with zero attached hydrogens (tertiary/aromatic N) is 4. The zero-order valence-electron chi connectivity index (χ0n) is 15.1. The van der Waals surface area contributed by atoms with Crippen LogP contribution in [0.3, 0.4) is 0 Å². The van der Waals surface area contributed by atoms with E-state index in [2.05, 4.69) is 21.9 Å². The second kappa shape index (κ2) is 7.33. The number of benzene rings is 1. The second-order valence-electron chi connectivity index (χ2n) is 7.14. The van der Waals surface area contributed by atoms with Gasteiger partial charge in [0.25, 0.3) is 5.91 Å². The van der Waals surface area contributed by atoms with Crippen molar-refractivity contribution in [2.75, 3.05) is 13.1 Å². The zero-order chi connectivity index (χ0) is 18.3. The third-order valence-corrected chi connectivity index (χ3v) is 6.88. The Morgan fingerprint density at radius 1 is 1.31 bits per heavy atom. The summed E-state index contributed by atoms with van der Waals surface area (Å²) in [5.41, 5.74) is 1.02. The Morgan fingerprint density at radius 3 is 2.69 bits per heavy atom. The van der Waals surface area contributed by atoms with Gasteiger partial charge in [0.2, 0.25) is 0 Å². The molecule has 2 aromatic rings. The topological polar surface area (TPSA) is 51.0 Å². The molecule has 1 saturated heterocycles. The maximum Gasteiger partial charge on any atom is 0.264 e. The normalized spacial score (nSPS) is 22.6. The average molecular weight is 391 g/mol. The molecule has 0 radical (unpaired) electrons. The summed E-state index contributed by atoms with van der Waals surface area (Å²) < 4.78 is 1.49. The highest BCUT2D eigenvalue weighted by Crippen LogP contribution is 2.43. The minimum absolute atomic E-state index is 0.0146. The Morgan fingerprint density at radius 2 is 2.04 bits per heavy atom. The van der Waals surface area contributed by atoms with E-state index in [0.717, 1.165) is 54.7 Å². The van der Waals surface area contributed by atoms with Crippen molar-refractivity contribution in [3.05, 3.63) is 40.7 Å². The van der Waals surface area contributed by atoms with Crippen LogP contribution in [0.15, 0.2) is 29.4 Å². The monoisotopic (exact) mass is 390 g/mol. The zero-order valence-corrected chi connectivity index (χ0v) is 16.6.